The molecule has 0 saturated heterocycles. The molecule has 0 bridgehead atoms. The van der Waals surface area contributed by atoms with Crippen LogP contribution in [0, 0.1) is 11.3 Å². The van der Waals surface area contributed by atoms with Crippen molar-refractivity contribution in [1.82, 2.24) is 0 Å². The molecule has 1 aromatic rings. The number of alkyl halides is 3. The lowest BCUT2D eigenvalue weighted by Gasteiger charge is -2.10. The fourth-order valence-electron chi connectivity index (χ4n) is 1.32. The highest BCUT2D eigenvalue weighted by Gasteiger charge is 2.27. The van der Waals surface area contributed by atoms with Gasteiger partial charge in [0, 0.05) is 23.7 Å². The monoisotopic (exact) mass is 275 g/mol. The van der Waals surface area contributed by atoms with Crippen LogP contribution in [0.3, 0.4) is 0 Å². The fraction of sp³-hybridized carbons (Fsp3) is 0.364. The van der Waals surface area contributed by atoms with Gasteiger partial charge >= 0.3 is 5.51 Å². The van der Waals surface area contributed by atoms with Gasteiger partial charge in [-0.2, -0.15) is 18.4 Å². The Morgan fingerprint density at radius 3 is 2.72 bits per heavy atom. The Labute approximate surface area is 107 Å². The molecule has 0 aliphatic heterocycles. The Morgan fingerprint density at radius 2 is 2.11 bits per heavy atom. The molecule has 0 amide bonds. The molecular formula is C11H12F3N3S. The highest BCUT2D eigenvalue weighted by molar-refractivity contribution is 8.00. The number of benzene rings is 1. The standard InChI is InChI=1S/C11H12F3N3S/c12-11(13,14)18-6-5-17-9-1-2-10(16)8(7-9)3-4-15/h1-2,7,17H,3,5-6,16H2. The van der Waals surface area contributed by atoms with E-state index in [2.05, 4.69) is 5.32 Å². The SMILES string of the molecule is N#CCc1cc(NCCSC(F)(F)F)ccc1N. The molecule has 0 heterocycles. The van der Waals surface area contributed by atoms with Crippen LogP contribution in [-0.4, -0.2) is 17.8 Å². The second-order valence-electron chi connectivity index (χ2n) is 3.47. The number of nitrogen functional groups attached to an aromatic ring is 1. The minimum absolute atomic E-state index is 0.0680. The molecule has 98 valence electrons. The van der Waals surface area contributed by atoms with Crippen LogP contribution in [0.4, 0.5) is 24.5 Å². The van der Waals surface area contributed by atoms with E-state index in [4.69, 9.17) is 11.0 Å². The van der Waals surface area contributed by atoms with E-state index >= 15 is 0 Å². The number of thioether (sulfide) groups is 1. The van der Waals surface area contributed by atoms with E-state index in [9.17, 15) is 13.2 Å². The molecule has 0 saturated carbocycles. The zero-order valence-corrected chi connectivity index (χ0v) is 10.2. The van der Waals surface area contributed by atoms with Gasteiger partial charge in [-0.3, -0.25) is 0 Å². The van der Waals surface area contributed by atoms with Gasteiger partial charge in [0.05, 0.1) is 12.5 Å². The maximum atomic E-state index is 11.9. The van der Waals surface area contributed by atoms with Gasteiger partial charge in [-0.05, 0) is 35.5 Å². The first-order valence-electron chi connectivity index (χ1n) is 5.12. The molecule has 1 aromatic carbocycles. The summed E-state index contributed by atoms with van der Waals surface area (Å²) in [5, 5.41) is 11.4. The van der Waals surface area contributed by atoms with Crippen LogP contribution in [-0.2, 0) is 6.42 Å². The van der Waals surface area contributed by atoms with Crippen molar-refractivity contribution in [3.8, 4) is 6.07 Å². The van der Waals surface area contributed by atoms with Gasteiger partial charge in [0.25, 0.3) is 0 Å². The van der Waals surface area contributed by atoms with Crippen LogP contribution in [0.2, 0.25) is 0 Å². The van der Waals surface area contributed by atoms with Crippen molar-refractivity contribution >= 4 is 23.1 Å². The number of nitrogens with zero attached hydrogens (tertiary/aromatic N) is 1. The lowest BCUT2D eigenvalue weighted by atomic mass is 10.1. The summed E-state index contributed by atoms with van der Waals surface area (Å²) in [6.45, 7) is 0.195. The maximum absolute atomic E-state index is 11.9. The molecular weight excluding hydrogens is 263 g/mol. The highest BCUT2D eigenvalue weighted by Crippen LogP contribution is 2.29. The largest absolute Gasteiger partial charge is 0.441 e. The average molecular weight is 275 g/mol. The minimum atomic E-state index is -4.20. The molecule has 0 aliphatic carbocycles. The van der Waals surface area contributed by atoms with Crippen molar-refractivity contribution < 1.29 is 13.2 Å². The molecule has 3 nitrogen and oxygen atoms in total. The second-order valence-corrected chi connectivity index (χ2v) is 4.63. The third kappa shape index (κ3) is 5.19. The van der Waals surface area contributed by atoms with E-state index in [0.717, 1.165) is 0 Å². The van der Waals surface area contributed by atoms with Crippen LogP contribution >= 0.6 is 11.8 Å². The van der Waals surface area contributed by atoms with Gasteiger partial charge in [0.2, 0.25) is 0 Å². The summed E-state index contributed by atoms with van der Waals surface area (Å²) >= 11 is -0.0691. The molecule has 7 heteroatoms. The van der Waals surface area contributed by atoms with Crippen molar-refractivity contribution in [3.05, 3.63) is 23.8 Å². The molecule has 0 aromatic heterocycles. The van der Waals surface area contributed by atoms with Crippen LogP contribution in [0.5, 0.6) is 0 Å². The quantitative estimate of drug-likeness (QED) is 0.640. The Balaban J connectivity index is 2.48. The van der Waals surface area contributed by atoms with Gasteiger partial charge in [0.15, 0.2) is 0 Å². The van der Waals surface area contributed by atoms with Gasteiger partial charge in [-0.25, -0.2) is 0 Å². The summed E-state index contributed by atoms with van der Waals surface area (Å²) in [5.41, 5.74) is 3.30. The molecule has 0 atom stereocenters. The zero-order chi connectivity index (χ0) is 13.6. The molecule has 0 aliphatic rings. The number of nitriles is 1. The smallest absolute Gasteiger partial charge is 0.398 e. The Bertz CT molecular complexity index is 440. The van der Waals surface area contributed by atoms with E-state index in [-0.39, 0.29) is 30.5 Å². The number of halogens is 3. The molecule has 18 heavy (non-hydrogen) atoms. The number of anilines is 2. The van der Waals surface area contributed by atoms with E-state index < -0.39 is 5.51 Å². The number of rotatable bonds is 5. The minimum Gasteiger partial charge on any atom is -0.398 e. The first kappa shape index (κ1) is 14.5. The predicted molar refractivity (Wildman–Crippen MR) is 67.2 cm³/mol. The number of hydrogen-bond acceptors (Lipinski definition) is 4. The summed E-state index contributed by atoms with van der Waals surface area (Å²) in [6, 6.07) is 6.96. The van der Waals surface area contributed by atoms with Gasteiger partial charge in [-0.15, -0.1) is 0 Å². The molecule has 1 rings (SSSR count). The van der Waals surface area contributed by atoms with E-state index in [0.29, 0.717) is 16.9 Å². The Hall–Kier alpha value is -1.55. The van der Waals surface area contributed by atoms with Crippen molar-refractivity contribution in [3.63, 3.8) is 0 Å². The molecule has 0 spiro atoms. The zero-order valence-electron chi connectivity index (χ0n) is 9.42. The molecule has 3 N–H and O–H groups in total. The summed E-state index contributed by atoms with van der Waals surface area (Å²) in [7, 11) is 0. The summed E-state index contributed by atoms with van der Waals surface area (Å²) in [5.74, 6) is -0.0680. The summed E-state index contributed by atoms with van der Waals surface area (Å²) in [4.78, 5) is 0. The topological polar surface area (TPSA) is 61.8 Å². The fourth-order valence-corrected chi connectivity index (χ4v) is 1.75. The van der Waals surface area contributed by atoms with Gasteiger partial charge < -0.3 is 11.1 Å². The van der Waals surface area contributed by atoms with E-state index in [1.165, 1.54) is 0 Å². The van der Waals surface area contributed by atoms with E-state index in [1.54, 1.807) is 18.2 Å². The van der Waals surface area contributed by atoms with Crippen molar-refractivity contribution in [2.75, 3.05) is 23.3 Å². The maximum Gasteiger partial charge on any atom is 0.441 e. The summed E-state index contributed by atoms with van der Waals surface area (Å²) < 4.78 is 35.6. The Morgan fingerprint density at radius 1 is 1.39 bits per heavy atom. The van der Waals surface area contributed by atoms with Crippen LogP contribution in [0.1, 0.15) is 5.56 Å². The first-order valence-corrected chi connectivity index (χ1v) is 6.11. The molecule has 0 radical (unpaired) electrons. The third-order valence-corrected chi connectivity index (χ3v) is 2.84. The van der Waals surface area contributed by atoms with Crippen LogP contribution in [0.25, 0.3) is 0 Å². The number of nitrogens with two attached hydrogens (primary N) is 1. The lowest BCUT2D eigenvalue weighted by Crippen LogP contribution is -2.09. The highest BCUT2D eigenvalue weighted by atomic mass is 32.2. The van der Waals surface area contributed by atoms with E-state index in [1.807, 2.05) is 6.07 Å². The summed E-state index contributed by atoms with van der Waals surface area (Å²) in [6.07, 6.45) is 0.179. The van der Waals surface area contributed by atoms with Gasteiger partial charge in [-0.1, -0.05) is 0 Å². The van der Waals surface area contributed by atoms with Crippen LogP contribution in [0.15, 0.2) is 18.2 Å². The van der Waals surface area contributed by atoms with Crippen molar-refractivity contribution in [2.24, 2.45) is 0 Å². The normalized spacial score (nSPS) is 11.0. The first-order chi connectivity index (χ1) is 8.42. The van der Waals surface area contributed by atoms with Crippen LogP contribution < -0.4 is 11.1 Å². The van der Waals surface area contributed by atoms with Crippen molar-refractivity contribution in [1.29, 1.82) is 5.26 Å². The molecule has 0 unspecified atom stereocenters. The number of hydrogen-bond donors (Lipinski definition) is 2. The predicted octanol–water partition coefficient (Wildman–Crippen LogP) is 3.00. The second kappa shape index (κ2) is 6.40. The number of nitrogens with one attached hydrogen (secondary N) is 1. The lowest BCUT2D eigenvalue weighted by molar-refractivity contribution is -0.0327. The van der Waals surface area contributed by atoms with Gasteiger partial charge in [0.1, 0.15) is 0 Å². The third-order valence-electron chi connectivity index (χ3n) is 2.11. The Kier molecular flexibility index (Phi) is 5.16. The average Bonchev–Trinajstić information content (AvgIpc) is 2.28. The van der Waals surface area contributed by atoms with Crippen molar-refractivity contribution in [2.45, 2.75) is 11.9 Å². The molecule has 0 fully saturated rings.